The second-order valence-electron chi connectivity index (χ2n) is 4.15. The van der Waals surface area contributed by atoms with Gasteiger partial charge in [0.2, 0.25) is 5.91 Å². The minimum absolute atomic E-state index is 0.325. The van der Waals surface area contributed by atoms with Crippen LogP contribution in [0.2, 0.25) is 0 Å². The van der Waals surface area contributed by atoms with Crippen LogP contribution in [0.25, 0.3) is 0 Å². The number of carbonyl (C=O) groups excluding carboxylic acids is 2. The van der Waals surface area contributed by atoms with Crippen molar-refractivity contribution in [1.82, 2.24) is 10.7 Å². The van der Waals surface area contributed by atoms with E-state index in [1.54, 1.807) is 0 Å². The Labute approximate surface area is 113 Å². The van der Waals surface area contributed by atoms with Crippen LogP contribution in [0.5, 0.6) is 0 Å². The van der Waals surface area contributed by atoms with Crippen LogP contribution < -0.4 is 28.1 Å². The summed E-state index contributed by atoms with van der Waals surface area (Å²) in [4.78, 5) is 26.3. The lowest BCUT2D eigenvalue weighted by atomic mass is 10.1. The highest BCUT2D eigenvalue weighted by Crippen LogP contribution is 1.98. The molecule has 0 aromatic heterocycles. The van der Waals surface area contributed by atoms with E-state index in [0.29, 0.717) is 45.1 Å². The van der Waals surface area contributed by atoms with E-state index in [4.69, 9.17) is 17.3 Å². The second-order valence-corrected chi connectivity index (χ2v) is 4.15. The van der Waals surface area contributed by atoms with Crippen molar-refractivity contribution < 1.29 is 9.59 Å². The minimum Gasteiger partial charge on any atom is -0.390 e. The number of aldehydes is 1. The van der Waals surface area contributed by atoms with Crippen LogP contribution in [-0.2, 0) is 9.59 Å². The van der Waals surface area contributed by atoms with Crippen molar-refractivity contribution in [3.05, 3.63) is 0 Å². The van der Waals surface area contributed by atoms with Crippen molar-refractivity contribution in [3.63, 3.8) is 0 Å². The fourth-order valence-electron chi connectivity index (χ4n) is 1.50. The first-order valence-corrected chi connectivity index (χ1v) is 6.30. The third-order valence-corrected chi connectivity index (χ3v) is 2.57. The Morgan fingerprint density at radius 3 is 2.63 bits per heavy atom. The van der Waals surface area contributed by atoms with E-state index in [2.05, 4.69) is 15.7 Å². The van der Waals surface area contributed by atoms with Crippen LogP contribution in [0.15, 0.2) is 4.99 Å². The molecule has 0 aliphatic carbocycles. The van der Waals surface area contributed by atoms with Gasteiger partial charge in [0.05, 0.1) is 18.4 Å². The Balaban J connectivity index is 3.92. The molecule has 110 valence electrons. The van der Waals surface area contributed by atoms with Gasteiger partial charge in [-0.2, -0.15) is 0 Å². The summed E-state index contributed by atoms with van der Waals surface area (Å²) in [6.07, 6.45) is 4.33. The average molecular weight is 272 g/mol. The van der Waals surface area contributed by atoms with Gasteiger partial charge in [-0.25, -0.2) is 0 Å². The van der Waals surface area contributed by atoms with Crippen LogP contribution in [0, 0.1) is 0 Å². The second kappa shape index (κ2) is 11.6. The van der Waals surface area contributed by atoms with Gasteiger partial charge in [-0.05, 0) is 25.7 Å². The molecule has 0 fully saturated rings. The smallest absolute Gasteiger partial charge is 0.237 e. The number of nitrogens with zero attached hydrogens (tertiary/aromatic N) is 1. The molecule has 0 aromatic carbocycles. The molecule has 2 atom stereocenters. The van der Waals surface area contributed by atoms with Crippen LogP contribution in [-0.4, -0.2) is 43.7 Å². The molecule has 0 aromatic rings. The van der Waals surface area contributed by atoms with Crippen LogP contribution in [0.3, 0.4) is 0 Å². The first-order chi connectivity index (χ1) is 9.15. The van der Waals surface area contributed by atoms with E-state index in [1.165, 1.54) is 6.34 Å². The topological polar surface area (TPSA) is 149 Å². The monoisotopic (exact) mass is 272 g/mol. The van der Waals surface area contributed by atoms with E-state index in [0.717, 1.165) is 0 Å². The van der Waals surface area contributed by atoms with Gasteiger partial charge in [-0.1, -0.05) is 0 Å². The Kier molecular flexibility index (Phi) is 10.7. The van der Waals surface area contributed by atoms with Gasteiger partial charge >= 0.3 is 0 Å². The lowest BCUT2D eigenvalue weighted by Gasteiger charge is -2.16. The molecule has 8 nitrogen and oxygen atoms in total. The number of nitrogens with one attached hydrogen (secondary N) is 2. The van der Waals surface area contributed by atoms with Gasteiger partial charge in [0, 0.05) is 13.1 Å². The summed E-state index contributed by atoms with van der Waals surface area (Å²) in [6.45, 7) is 1.13. The largest absolute Gasteiger partial charge is 0.390 e. The minimum atomic E-state index is -0.636. The van der Waals surface area contributed by atoms with Gasteiger partial charge in [0.1, 0.15) is 6.29 Å². The molecule has 0 aliphatic rings. The number of nitrogens with two attached hydrogens (primary N) is 3. The molecule has 8 heteroatoms. The summed E-state index contributed by atoms with van der Waals surface area (Å²) in [5.74, 6) is 4.79. The average Bonchev–Trinajstić information content (AvgIpc) is 2.42. The van der Waals surface area contributed by atoms with Crippen molar-refractivity contribution in [1.29, 1.82) is 0 Å². The van der Waals surface area contributed by atoms with Gasteiger partial charge in [0.25, 0.3) is 0 Å². The highest BCUT2D eigenvalue weighted by molar-refractivity contribution is 5.84. The van der Waals surface area contributed by atoms with E-state index in [9.17, 15) is 9.59 Å². The Hall–Kier alpha value is -1.51. The van der Waals surface area contributed by atoms with E-state index in [-0.39, 0.29) is 5.91 Å². The molecule has 0 spiro atoms. The lowest BCUT2D eigenvalue weighted by molar-refractivity contribution is -0.125. The zero-order valence-corrected chi connectivity index (χ0v) is 11.0. The Morgan fingerprint density at radius 2 is 2.05 bits per heavy atom. The van der Waals surface area contributed by atoms with Crippen molar-refractivity contribution in [2.75, 3.05) is 13.1 Å². The number of hydrazine groups is 1. The van der Waals surface area contributed by atoms with E-state index in [1.807, 2.05) is 0 Å². The summed E-state index contributed by atoms with van der Waals surface area (Å²) < 4.78 is 0. The zero-order valence-electron chi connectivity index (χ0n) is 11.0. The fourth-order valence-corrected chi connectivity index (χ4v) is 1.50. The van der Waals surface area contributed by atoms with Crippen LogP contribution >= 0.6 is 0 Å². The summed E-state index contributed by atoms with van der Waals surface area (Å²) in [7, 11) is 0. The molecule has 0 bridgehead atoms. The summed E-state index contributed by atoms with van der Waals surface area (Å²) >= 11 is 0. The van der Waals surface area contributed by atoms with Crippen molar-refractivity contribution in [2.45, 2.75) is 37.8 Å². The standard InChI is InChI=1S/C11H24N6O2/c12-8-15-5-2-4-10(13)11(19)17-9(7-18)3-1-6-16-14/h7-10,16H,1-6,13-14H2,(H2,12,15)(H,17,19)/t9-,10-/m1/s1. The van der Waals surface area contributed by atoms with Crippen molar-refractivity contribution in [2.24, 2.45) is 22.3 Å². The number of rotatable bonds is 11. The van der Waals surface area contributed by atoms with Gasteiger partial charge < -0.3 is 21.6 Å². The number of carbonyl (C=O) groups is 2. The molecule has 0 aliphatic heterocycles. The zero-order chi connectivity index (χ0) is 14.5. The molecule has 1 amide bonds. The predicted octanol–water partition coefficient (Wildman–Crippen LogP) is -1.99. The number of aliphatic imine (C=N–C) groups is 1. The fraction of sp³-hybridized carbons (Fsp3) is 0.727. The van der Waals surface area contributed by atoms with E-state index >= 15 is 0 Å². The highest BCUT2D eigenvalue weighted by Gasteiger charge is 2.17. The maximum absolute atomic E-state index is 11.7. The van der Waals surface area contributed by atoms with Gasteiger partial charge in [-0.15, -0.1) is 0 Å². The van der Waals surface area contributed by atoms with Gasteiger partial charge in [0.15, 0.2) is 0 Å². The molecule has 8 N–H and O–H groups in total. The first kappa shape index (κ1) is 17.5. The summed E-state index contributed by atoms with van der Waals surface area (Å²) in [5, 5.41) is 2.60. The summed E-state index contributed by atoms with van der Waals surface area (Å²) in [5.41, 5.74) is 13.3. The van der Waals surface area contributed by atoms with Gasteiger partial charge in [-0.3, -0.25) is 21.1 Å². The number of amides is 1. The molecular formula is C11H24N6O2. The molecule has 0 radical (unpaired) electrons. The SMILES string of the molecule is NC=NCCC[C@@H](N)C(=O)N[C@@H](C=O)CCCNN. The molecular weight excluding hydrogens is 248 g/mol. The predicted molar refractivity (Wildman–Crippen MR) is 74.2 cm³/mol. The number of hydrogen-bond acceptors (Lipinski definition) is 6. The molecule has 0 unspecified atom stereocenters. The van der Waals surface area contributed by atoms with Crippen LogP contribution in [0.1, 0.15) is 25.7 Å². The third-order valence-electron chi connectivity index (χ3n) is 2.57. The molecule has 0 heterocycles. The maximum atomic E-state index is 11.7. The maximum Gasteiger partial charge on any atom is 0.237 e. The highest BCUT2D eigenvalue weighted by atomic mass is 16.2. The van der Waals surface area contributed by atoms with Crippen LogP contribution in [0.4, 0.5) is 0 Å². The van der Waals surface area contributed by atoms with Crippen molar-refractivity contribution in [3.8, 4) is 0 Å². The third kappa shape index (κ3) is 9.11. The molecule has 0 saturated heterocycles. The van der Waals surface area contributed by atoms with E-state index < -0.39 is 12.1 Å². The Morgan fingerprint density at radius 1 is 1.32 bits per heavy atom. The quantitative estimate of drug-likeness (QED) is 0.0734. The first-order valence-electron chi connectivity index (χ1n) is 6.30. The summed E-state index contributed by atoms with van der Waals surface area (Å²) in [6, 6.07) is -1.16. The molecule has 0 saturated carbocycles. The van der Waals surface area contributed by atoms with Crippen molar-refractivity contribution >= 4 is 18.5 Å². The normalized spacial score (nSPS) is 14.2. The Bertz CT molecular complexity index is 284. The lowest BCUT2D eigenvalue weighted by Crippen LogP contribution is -2.46. The molecule has 0 rings (SSSR count). The molecule has 19 heavy (non-hydrogen) atoms. The number of hydrogen-bond donors (Lipinski definition) is 5.